The van der Waals surface area contributed by atoms with Crippen molar-refractivity contribution in [2.75, 3.05) is 18.0 Å². The first kappa shape index (κ1) is 29.2. The van der Waals surface area contributed by atoms with Crippen molar-refractivity contribution in [2.45, 2.75) is 78.4 Å². The number of nitrogens with zero attached hydrogens (tertiary/aromatic N) is 7. The molecule has 0 atom stereocenters. The van der Waals surface area contributed by atoms with Gasteiger partial charge in [0.25, 0.3) is 5.56 Å². The molecule has 0 saturated carbocycles. The van der Waals surface area contributed by atoms with Gasteiger partial charge in [-0.3, -0.25) is 23.1 Å². The number of fused-ring (bicyclic) bond motifs is 3. The Morgan fingerprint density at radius 1 is 0.814 bits per heavy atom. The van der Waals surface area contributed by atoms with Gasteiger partial charge in [0, 0.05) is 50.0 Å². The van der Waals surface area contributed by atoms with Crippen LogP contribution >= 0.6 is 11.6 Å². The van der Waals surface area contributed by atoms with E-state index in [1.807, 2.05) is 46.4 Å². The summed E-state index contributed by atoms with van der Waals surface area (Å²) in [6.07, 6.45) is 5.02. The second-order valence-corrected chi connectivity index (χ2v) is 12.1. The topological polar surface area (TPSA) is 100.0 Å². The summed E-state index contributed by atoms with van der Waals surface area (Å²) in [6.45, 7) is 8.68. The van der Waals surface area contributed by atoms with E-state index < -0.39 is 0 Å². The van der Waals surface area contributed by atoms with Crippen molar-refractivity contribution >= 4 is 50.1 Å². The lowest BCUT2D eigenvalue weighted by molar-refractivity contribution is 0.370. The number of aryl methyl sites for hydroxylation is 4. The molecule has 1 saturated heterocycles. The van der Waals surface area contributed by atoms with Crippen molar-refractivity contribution in [1.29, 1.82) is 0 Å². The zero-order valence-electron chi connectivity index (χ0n) is 25.3. The molecule has 5 aromatic rings. The maximum Gasteiger partial charge on any atom is 0.331 e. The van der Waals surface area contributed by atoms with Crippen LogP contribution in [0.5, 0.6) is 0 Å². The van der Waals surface area contributed by atoms with E-state index in [0.29, 0.717) is 60.9 Å². The molecule has 43 heavy (non-hydrogen) atoms. The molecule has 0 radical (unpaired) electrons. The fraction of sp³-hybridized carbons (Fsp3) is 0.469. The van der Waals surface area contributed by atoms with Crippen LogP contribution in [-0.2, 0) is 20.1 Å². The lowest BCUT2D eigenvalue weighted by Gasteiger charge is -2.33. The first-order valence-corrected chi connectivity index (χ1v) is 15.7. The molecule has 0 aliphatic carbocycles. The van der Waals surface area contributed by atoms with Gasteiger partial charge in [-0.15, -0.1) is 10.2 Å². The summed E-state index contributed by atoms with van der Waals surface area (Å²) < 4.78 is 6.73. The smallest absolute Gasteiger partial charge is 0.331 e. The van der Waals surface area contributed by atoms with Crippen LogP contribution in [-0.4, -0.2) is 41.6 Å². The lowest BCUT2D eigenvalue weighted by Crippen LogP contribution is -2.45. The van der Waals surface area contributed by atoms with Crippen molar-refractivity contribution in [1.82, 2.24) is 28.5 Å². The highest BCUT2D eigenvalue weighted by Crippen LogP contribution is 2.34. The molecule has 1 aliphatic heterocycles. The number of hydrogen-bond donors (Lipinski definition) is 0. The largest absolute Gasteiger partial charge is 0.354 e. The van der Waals surface area contributed by atoms with Crippen molar-refractivity contribution in [3.8, 4) is 0 Å². The van der Waals surface area contributed by atoms with Gasteiger partial charge in [0.05, 0.1) is 21.9 Å². The summed E-state index contributed by atoms with van der Waals surface area (Å²) in [5, 5.41) is 11.3. The number of aromatic nitrogens is 6. The zero-order chi connectivity index (χ0) is 30.4. The van der Waals surface area contributed by atoms with E-state index in [9.17, 15) is 14.4 Å². The standard InChI is InChI=1S/C32H38ClN7O3/c1-5-7-13-38-26-18-22-23(19-27(26)39(32(38)43)14-8-6-2)29(35-34-28(22)33)37-15-11-21(12-16-37)40-30(41)24-17-20(3)9-10-25(24)36(4)31(40)42/h9-10,17-19,21H,5-8,11-16H2,1-4H3. The van der Waals surface area contributed by atoms with E-state index >= 15 is 0 Å². The van der Waals surface area contributed by atoms with E-state index in [4.69, 9.17) is 11.6 Å². The molecule has 11 heteroatoms. The van der Waals surface area contributed by atoms with Crippen molar-refractivity contribution in [3.63, 3.8) is 0 Å². The molecule has 226 valence electrons. The normalized spacial score (nSPS) is 14.5. The number of anilines is 1. The fourth-order valence-corrected chi connectivity index (χ4v) is 6.66. The minimum absolute atomic E-state index is 0.00390. The van der Waals surface area contributed by atoms with Gasteiger partial charge in [-0.25, -0.2) is 9.59 Å². The molecule has 1 fully saturated rings. The Balaban J connectivity index is 1.39. The molecular formula is C32H38ClN7O3. The van der Waals surface area contributed by atoms with Crippen molar-refractivity contribution < 1.29 is 0 Å². The number of hydrogen-bond acceptors (Lipinski definition) is 6. The van der Waals surface area contributed by atoms with Gasteiger partial charge in [-0.1, -0.05) is 49.9 Å². The molecule has 1 aliphatic rings. The third-order valence-corrected chi connectivity index (χ3v) is 9.19. The molecule has 3 aromatic heterocycles. The van der Waals surface area contributed by atoms with Crippen molar-refractivity contribution in [3.05, 3.63) is 72.4 Å². The minimum Gasteiger partial charge on any atom is -0.354 e. The summed E-state index contributed by atoms with van der Waals surface area (Å²) in [5.74, 6) is 0.699. The maximum atomic E-state index is 13.5. The fourth-order valence-electron chi connectivity index (χ4n) is 6.47. The Kier molecular flexibility index (Phi) is 7.89. The highest BCUT2D eigenvalue weighted by Gasteiger charge is 2.27. The van der Waals surface area contributed by atoms with Crippen molar-refractivity contribution in [2.24, 2.45) is 7.05 Å². The molecule has 6 rings (SSSR count). The molecule has 0 unspecified atom stereocenters. The van der Waals surface area contributed by atoms with Gasteiger partial charge in [0.1, 0.15) is 0 Å². The summed E-state index contributed by atoms with van der Waals surface area (Å²) in [4.78, 5) is 42.5. The Bertz CT molecular complexity index is 2030. The van der Waals surface area contributed by atoms with Gasteiger partial charge < -0.3 is 4.90 Å². The molecule has 0 N–H and O–H groups in total. The Hall–Kier alpha value is -3.92. The van der Waals surface area contributed by atoms with Crippen LogP contribution in [0, 0.1) is 6.92 Å². The van der Waals surface area contributed by atoms with E-state index in [1.165, 1.54) is 4.57 Å². The van der Waals surface area contributed by atoms with Gasteiger partial charge >= 0.3 is 11.4 Å². The highest BCUT2D eigenvalue weighted by molar-refractivity contribution is 6.35. The zero-order valence-corrected chi connectivity index (χ0v) is 26.0. The first-order valence-electron chi connectivity index (χ1n) is 15.3. The average molecular weight is 604 g/mol. The second-order valence-electron chi connectivity index (χ2n) is 11.7. The van der Waals surface area contributed by atoms with Crippen LogP contribution in [0.1, 0.15) is 64.0 Å². The first-order chi connectivity index (χ1) is 20.7. The molecule has 2 aromatic carbocycles. The predicted molar refractivity (Wildman–Crippen MR) is 173 cm³/mol. The second kappa shape index (κ2) is 11.6. The lowest BCUT2D eigenvalue weighted by atomic mass is 10.0. The number of imidazole rings is 1. The predicted octanol–water partition coefficient (Wildman–Crippen LogP) is 5.16. The maximum absolute atomic E-state index is 13.5. The van der Waals surface area contributed by atoms with Crippen LogP contribution < -0.4 is 21.8 Å². The SMILES string of the molecule is CCCCn1c(=O)n(CCCC)c2cc3c(N4CCC(n5c(=O)c6cc(C)ccc6n(C)c5=O)CC4)nnc(Cl)c3cc21. The number of piperidine rings is 1. The molecule has 0 amide bonds. The molecular weight excluding hydrogens is 566 g/mol. The van der Waals surface area contributed by atoms with Crippen LogP contribution in [0.3, 0.4) is 0 Å². The monoisotopic (exact) mass is 603 g/mol. The Labute approximate surface area is 254 Å². The van der Waals surface area contributed by atoms with Gasteiger partial charge in [-0.2, -0.15) is 0 Å². The number of unbranched alkanes of at least 4 members (excludes halogenated alkanes) is 2. The molecule has 0 bridgehead atoms. The van der Waals surface area contributed by atoms with Crippen LogP contribution in [0.25, 0.3) is 32.7 Å². The highest BCUT2D eigenvalue weighted by atomic mass is 35.5. The van der Waals surface area contributed by atoms with E-state index in [0.717, 1.165) is 53.1 Å². The van der Waals surface area contributed by atoms with Gasteiger partial charge in [0.15, 0.2) is 11.0 Å². The quantitative estimate of drug-likeness (QED) is 0.243. The van der Waals surface area contributed by atoms with Gasteiger partial charge in [-0.05, 0) is 56.9 Å². The minimum atomic E-state index is -0.295. The van der Waals surface area contributed by atoms with Crippen LogP contribution in [0.2, 0.25) is 5.15 Å². The summed E-state index contributed by atoms with van der Waals surface area (Å²) >= 11 is 6.61. The van der Waals surface area contributed by atoms with Crippen LogP contribution in [0.15, 0.2) is 44.7 Å². The summed E-state index contributed by atoms with van der Waals surface area (Å²) in [5.41, 5.74) is 2.84. The summed E-state index contributed by atoms with van der Waals surface area (Å²) in [6, 6.07) is 9.40. The van der Waals surface area contributed by atoms with E-state index in [1.54, 1.807) is 11.6 Å². The Morgan fingerprint density at radius 2 is 1.44 bits per heavy atom. The number of benzene rings is 2. The average Bonchev–Trinajstić information content (AvgIpc) is 3.26. The van der Waals surface area contributed by atoms with Crippen LogP contribution in [0.4, 0.5) is 5.82 Å². The third-order valence-electron chi connectivity index (χ3n) is 8.91. The van der Waals surface area contributed by atoms with E-state index in [-0.39, 0.29) is 23.0 Å². The third kappa shape index (κ3) is 4.95. The number of rotatable bonds is 8. The Morgan fingerprint density at radius 3 is 2.07 bits per heavy atom. The van der Waals surface area contributed by atoms with E-state index in [2.05, 4.69) is 28.9 Å². The summed E-state index contributed by atoms with van der Waals surface area (Å²) in [7, 11) is 1.72. The van der Waals surface area contributed by atoms with Gasteiger partial charge in [0.2, 0.25) is 0 Å². The molecule has 10 nitrogen and oxygen atoms in total. The molecule has 4 heterocycles. The molecule has 0 spiro atoms. The number of halogens is 1.